The minimum Gasteiger partial charge on any atom is -0.475 e. The average Bonchev–Trinajstić information content (AvgIpc) is 2.94. The van der Waals surface area contributed by atoms with E-state index in [0.717, 1.165) is 6.42 Å². The molecule has 0 bridgehead atoms. The number of amides is 2. The molecule has 3 N–H and O–H groups in total. The van der Waals surface area contributed by atoms with Crippen LogP contribution in [0.25, 0.3) is 0 Å². The van der Waals surface area contributed by atoms with Crippen LogP contribution in [0.15, 0.2) is 18.2 Å². The van der Waals surface area contributed by atoms with E-state index in [0.29, 0.717) is 42.5 Å². The van der Waals surface area contributed by atoms with Gasteiger partial charge in [0.2, 0.25) is 5.91 Å². The first-order valence-electron chi connectivity index (χ1n) is 8.10. The van der Waals surface area contributed by atoms with Gasteiger partial charge in [0, 0.05) is 31.2 Å². The Morgan fingerprint density at radius 3 is 2.39 bits per heavy atom. The number of nitrogens with zero attached hydrogens (tertiary/aromatic N) is 2. The summed E-state index contributed by atoms with van der Waals surface area (Å²) in [6.07, 6.45) is -4.36. The van der Waals surface area contributed by atoms with E-state index in [1.54, 1.807) is 23.1 Å². The Balaban J connectivity index is 0.000000345. The molecule has 2 aliphatic rings. The molecule has 1 unspecified atom stereocenters. The van der Waals surface area contributed by atoms with Crippen LogP contribution in [0.3, 0.4) is 0 Å². The van der Waals surface area contributed by atoms with Crippen LogP contribution < -0.4 is 15.5 Å². The van der Waals surface area contributed by atoms with Crippen molar-refractivity contribution in [3.05, 3.63) is 23.2 Å². The first kappa shape index (κ1) is 21.8. The summed E-state index contributed by atoms with van der Waals surface area (Å²) in [6.45, 7) is 1.50. The lowest BCUT2D eigenvalue weighted by Crippen LogP contribution is -2.37. The van der Waals surface area contributed by atoms with E-state index in [1.807, 2.05) is 0 Å². The third-order valence-corrected chi connectivity index (χ3v) is 4.21. The van der Waals surface area contributed by atoms with Crippen LogP contribution in [0.2, 0.25) is 5.02 Å². The van der Waals surface area contributed by atoms with Crippen molar-refractivity contribution < 1.29 is 37.4 Å². The molecule has 3 rings (SSSR count). The summed E-state index contributed by atoms with van der Waals surface area (Å²) >= 11 is 6.27. The molecule has 2 heterocycles. The summed E-state index contributed by atoms with van der Waals surface area (Å²) < 4.78 is 36.7. The number of rotatable bonds is 2. The van der Waals surface area contributed by atoms with Crippen LogP contribution in [-0.2, 0) is 14.3 Å². The van der Waals surface area contributed by atoms with Crippen molar-refractivity contribution in [2.24, 2.45) is 5.73 Å². The van der Waals surface area contributed by atoms with E-state index in [4.69, 9.17) is 32.0 Å². The van der Waals surface area contributed by atoms with Crippen LogP contribution in [-0.4, -0.2) is 55.0 Å². The monoisotopic (exact) mass is 423 g/mol. The molecule has 0 spiro atoms. The van der Waals surface area contributed by atoms with E-state index >= 15 is 0 Å². The fraction of sp³-hybridized carbons (Fsp3) is 0.438. The predicted molar refractivity (Wildman–Crippen MR) is 93.4 cm³/mol. The third-order valence-electron chi connectivity index (χ3n) is 3.90. The molecule has 1 aromatic rings. The molecule has 2 aliphatic heterocycles. The van der Waals surface area contributed by atoms with E-state index in [2.05, 4.69) is 0 Å². The Morgan fingerprint density at radius 2 is 1.93 bits per heavy atom. The number of nitrogens with two attached hydrogens (primary N) is 1. The van der Waals surface area contributed by atoms with Crippen LogP contribution in [0.1, 0.15) is 12.8 Å². The molecule has 1 aromatic carbocycles. The van der Waals surface area contributed by atoms with Crippen molar-refractivity contribution in [2.75, 3.05) is 29.5 Å². The molecule has 0 radical (unpaired) electrons. The van der Waals surface area contributed by atoms with Gasteiger partial charge in [-0.25, -0.2) is 9.59 Å². The lowest BCUT2D eigenvalue weighted by molar-refractivity contribution is -0.192. The smallest absolute Gasteiger partial charge is 0.475 e. The Morgan fingerprint density at radius 1 is 1.29 bits per heavy atom. The molecule has 0 aliphatic carbocycles. The fourth-order valence-corrected chi connectivity index (χ4v) is 2.91. The molecule has 1 atom stereocenters. The van der Waals surface area contributed by atoms with Crippen LogP contribution in [0.4, 0.5) is 29.3 Å². The number of hydrogen-bond acceptors (Lipinski definition) is 5. The van der Waals surface area contributed by atoms with Crippen molar-refractivity contribution >= 4 is 40.9 Å². The molecule has 28 heavy (non-hydrogen) atoms. The van der Waals surface area contributed by atoms with Gasteiger partial charge in [-0.1, -0.05) is 11.6 Å². The van der Waals surface area contributed by atoms with Crippen molar-refractivity contribution in [3.63, 3.8) is 0 Å². The lowest BCUT2D eigenvalue weighted by Gasteiger charge is -2.27. The Labute approximate surface area is 162 Å². The van der Waals surface area contributed by atoms with Gasteiger partial charge >= 0.3 is 18.2 Å². The second-order valence-corrected chi connectivity index (χ2v) is 6.43. The zero-order chi connectivity index (χ0) is 21.1. The quantitative estimate of drug-likeness (QED) is 0.755. The number of carboxylic acid groups (broad SMARTS) is 1. The number of aliphatic carboxylic acids is 1. The zero-order valence-corrected chi connectivity index (χ0v) is 15.2. The summed E-state index contributed by atoms with van der Waals surface area (Å²) in [5, 5.41) is 7.54. The normalized spacial score (nSPS) is 19.8. The standard InChI is InChI=1S/C14H16ClN3O3.C2HF3O2/c15-11-7-10(18-8-9(16)6-13(18)19)2-3-12(11)17-4-1-5-21-14(17)20;3-2(4,5)1(6)7/h2-3,7,9H,1,4-6,8,16H2;(H,6,7). The highest BCUT2D eigenvalue weighted by atomic mass is 35.5. The number of ether oxygens (including phenoxy) is 1. The molecular formula is C16H17ClF3N3O5. The molecule has 154 valence electrons. The number of hydrogen-bond donors (Lipinski definition) is 2. The minimum absolute atomic E-state index is 0.0105. The number of benzene rings is 1. The number of carboxylic acids is 1. The summed E-state index contributed by atoms with van der Waals surface area (Å²) in [7, 11) is 0. The van der Waals surface area contributed by atoms with Gasteiger partial charge in [0.25, 0.3) is 0 Å². The molecular weight excluding hydrogens is 407 g/mol. The number of cyclic esters (lactones) is 1. The predicted octanol–water partition coefficient (Wildman–Crippen LogP) is 2.38. The van der Waals surface area contributed by atoms with E-state index in [-0.39, 0.29) is 11.9 Å². The summed E-state index contributed by atoms with van der Waals surface area (Å²) in [6, 6.07) is 5.06. The maximum absolute atomic E-state index is 11.9. The Hall–Kier alpha value is -2.53. The molecule has 2 fully saturated rings. The molecule has 2 saturated heterocycles. The molecule has 0 aromatic heterocycles. The Bertz CT molecular complexity index is 774. The molecule has 2 amide bonds. The third kappa shape index (κ3) is 5.26. The molecule has 0 saturated carbocycles. The van der Waals surface area contributed by atoms with Gasteiger partial charge in [-0.05, 0) is 24.6 Å². The SMILES string of the molecule is NC1CC(=O)N(c2ccc(N3CCCOC3=O)c(Cl)c2)C1.O=C(O)C(F)(F)F. The van der Waals surface area contributed by atoms with E-state index in [1.165, 1.54) is 4.90 Å². The fourth-order valence-electron chi connectivity index (χ4n) is 2.64. The van der Waals surface area contributed by atoms with E-state index < -0.39 is 18.2 Å². The summed E-state index contributed by atoms with van der Waals surface area (Å²) in [5.74, 6) is -2.77. The number of carbonyl (C=O) groups is 3. The van der Waals surface area contributed by atoms with Crippen molar-refractivity contribution in [3.8, 4) is 0 Å². The second-order valence-electron chi connectivity index (χ2n) is 6.03. The van der Waals surface area contributed by atoms with Gasteiger partial charge in [-0.15, -0.1) is 0 Å². The topological polar surface area (TPSA) is 113 Å². The van der Waals surface area contributed by atoms with Crippen LogP contribution >= 0.6 is 11.6 Å². The summed E-state index contributed by atoms with van der Waals surface area (Å²) in [5.41, 5.74) is 7.09. The van der Waals surface area contributed by atoms with Gasteiger partial charge in [0.1, 0.15) is 0 Å². The van der Waals surface area contributed by atoms with Gasteiger partial charge in [-0.3, -0.25) is 9.69 Å². The second kappa shape index (κ2) is 8.65. The molecule has 8 nitrogen and oxygen atoms in total. The van der Waals surface area contributed by atoms with Gasteiger partial charge < -0.3 is 20.5 Å². The lowest BCUT2D eigenvalue weighted by atomic mass is 10.2. The first-order valence-corrected chi connectivity index (χ1v) is 8.48. The number of carbonyl (C=O) groups excluding carboxylic acids is 2. The highest BCUT2D eigenvalue weighted by molar-refractivity contribution is 6.34. The van der Waals surface area contributed by atoms with Crippen molar-refractivity contribution in [1.29, 1.82) is 0 Å². The van der Waals surface area contributed by atoms with Crippen molar-refractivity contribution in [1.82, 2.24) is 0 Å². The maximum atomic E-state index is 11.9. The highest BCUT2D eigenvalue weighted by Crippen LogP contribution is 2.33. The average molecular weight is 424 g/mol. The zero-order valence-electron chi connectivity index (χ0n) is 14.4. The number of anilines is 2. The highest BCUT2D eigenvalue weighted by Gasteiger charge is 2.38. The summed E-state index contributed by atoms with van der Waals surface area (Å²) in [4.78, 5) is 35.6. The van der Waals surface area contributed by atoms with Crippen molar-refractivity contribution in [2.45, 2.75) is 25.1 Å². The number of halogens is 4. The minimum atomic E-state index is -5.08. The van der Waals surface area contributed by atoms with Gasteiger partial charge in [0.05, 0.1) is 17.3 Å². The largest absolute Gasteiger partial charge is 0.490 e. The number of alkyl halides is 3. The van der Waals surface area contributed by atoms with Crippen LogP contribution in [0.5, 0.6) is 0 Å². The first-order chi connectivity index (χ1) is 13.0. The molecule has 12 heteroatoms. The Kier molecular flexibility index (Phi) is 6.73. The van der Waals surface area contributed by atoms with E-state index in [9.17, 15) is 22.8 Å². The maximum Gasteiger partial charge on any atom is 0.490 e. The van der Waals surface area contributed by atoms with Crippen LogP contribution in [0, 0.1) is 0 Å². The van der Waals surface area contributed by atoms with Gasteiger partial charge in [0.15, 0.2) is 0 Å². The van der Waals surface area contributed by atoms with Gasteiger partial charge in [-0.2, -0.15) is 13.2 Å².